The highest BCUT2D eigenvalue weighted by Crippen LogP contribution is 2.50. The zero-order valence-electron chi connectivity index (χ0n) is 11.7. The average molecular weight is 323 g/mol. The summed E-state index contributed by atoms with van der Waals surface area (Å²) < 4.78 is 6.07. The Morgan fingerprint density at radius 2 is 1.89 bits per heavy atom. The Bertz CT molecular complexity index is 423. The highest BCUT2D eigenvalue weighted by molar-refractivity contribution is 9.09. The van der Waals surface area contributed by atoms with Crippen LogP contribution in [-0.4, -0.2) is 18.0 Å². The first-order valence-corrected chi connectivity index (χ1v) is 8.65. The smallest absolute Gasteiger partial charge is 0.0671 e. The van der Waals surface area contributed by atoms with Crippen LogP contribution in [0.15, 0.2) is 24.3 Å². The number of aryl methyl sites for hydroxylation is 1. The number of halogens is 1. The Hall–Kier alpha value is -0.340. The van der Waals surface area contributed by atoms with Gasteiger partial charge in [-0.3, -0.25) is 0 Å². The largest absolute Gasteiger partial charge is 0.377 e. The van der Waals surface area contributed by atoms with Crippen LogP contribution in [0.3, 0.4) is 0 Å². The topological polar surface area (TPSA) is 9.23 Å². The molecule has 19 heavy (non-hydrogen) atoms. The van der Waals surface area contributed by atoms with Crippen molar-refractivity contribution in [3.05, 3.63) is 35.4 Å². The molecule has 3 rings (SSSR count). The van der Waals surface area contributed by atoms with E-state index in [0.717, 1.165) is 30.7 Å². The Kier molecular flexibility index (Phi) is 4.00. The minimum absolute atomic E-state index is 0.328. The minimum atomic E-state index is 0.328. The summed E-state index contributed by atoms with van der Waals surface area (Å²) in [5.41, 5.74) is 3.22. The van der Waals surface area contributed by atoms with Crippen LogP contribution in [-0.2, 0) is 17.6 Å². The van der Waals surface area contributed by atoms with Gasteiger partial charge in [0.25, 0.3) is 0 Å². The molecule has 0 radical (unpaired) electrons. The lowest BCUT2D eigenvalue weighted by atomic mass is 9.76. The predicted octanol–water partition coefficient (Wildman–Crippen LogP) is 4.37. The predicted molar refractivity (Wildman–Crippen MR) is 82.8 cm³/mol. The summed E-state index contributed by atoms with van der Waals surface area (Å²) in [5.74, 6) is 0.829. The van der Waals surface area contributed by atoms with Crippen LogP contribution in [0.5, 0.6) is 0 Å². The monoisotopic (exact) mass is 322 g/mol. The molecule has 1 saturated heterocycles. The molecule has 0 bridgehead atoms. The summed E-state index contributed by atoms with van der Waals surface area (Å²) in [7, 11) is 0. The van der Waals surface area contributed by atoms with Crippen LogP contribution >= 0.6 is 15.9 Å². The lowest BCUT2D eigenvalue weighted by molar-refractivity contribution is 0.0413. The summed E-state index contributed by atoms with van der Waals surface area (Å²) in [5, 5.41) is 1.07. The third kappa shape index (κ3) is 2.75. The lowest BCUT2D eigenvalue weighted by Crippen LogP contribution is -2.36. The van der Waals surface area contributed by atoms with Crippen LogP contribution in [0.1, 0.15) is 37.3 Å². The molecule has 1 nitrogen and oxygen atoms in total. The van der Waals surface area contributed by atoms with E-state index in [1.54, 1.807) is 0 Å². The molecule has 0 aromatic heterocycles. The maximum absolute atomic E-state index is 6.07. The van der Waals surface area contributed by atoms with E-state index in [1.165, 1.54) is 30.4 Å². The van der Waals surface area contributed by atoms with E-state index in [9.17, 15) is 0 Å². The van der Waals surface area contributed by atoms with Gasteiger partial charge in [-0.15, -0.1) is 0 Å². The molecule has 0 N–H and O–H groups in total. The van der Waals surface area contributed by atoms with Gasteiger partial charge in [-0.25, -0.2) is 0 Å². The molecule has 2 fully saturated rings. The van der Waals surface area contributed by atoms with E-state index in [1.807, 2.05) is 0 Å². The van der Waals surface area contributed by atoms with Gasteiger partial charge in [-0.1, -0.05) is 47.1 Å². The molecule has 1 saturated carbocycles. The summed E-state index contributed by atoms with van der Waals surface area (Å²) in [4.78, 5) is 0. The van der Waals surface area contributed by atoms with Crippen molar-refractivity contribution in [2.24, 2.45) is 11.3 Å². The fourth-order valence-corrected chi connectivity index (χ4v) is 4.22. The first-order valence-electron chi connectivity index (χ1n) is 7.53. The van der Waals surface area contributed by atoms with E-state index in [-0.39, 0.29) is 0 Å². The van der Waals surface area contributed by atoms with E-state index < -0.39 is 0 Å². The van der Waals surface area contributed by atoms with Crippen molar-refractivity contribution in [2.75, 3.05) is 11.9 Å². The van der Waals surface area contributed by atoms with Crippen LogP contribution in [0.25, 0.3) is 0 Å². The number of ether oxygens (including phenoxy) is 1. The molecule has 1 aromatic rings. The second kappa shape index (κ2) is 5.57. The Morgan fingerprint density at radius 3 is 2.47 bits per heavy atom. The van der Waals surface area contributed by atoms with Crippen molar-refractivity contribution >= 4 is 15.9 Å². The van der Waals surface area contributed by atoms with E-state index in [0.29, 0.717) is 11.5 Å². The molecule has 0 amide bonds. The molecule has 1 aliphatic carbocycles. The molecule has 2 atom stereocenters. The van der Waals surface area contributed by atoms with Crippen molar-refractivity contribution in [1.29, 1.82) is 0 Å². The maximum atomic E-state index is 6.07. The molecular formula is C17H23BrO. The third-order valence-electron chi connectivity index (χ3n) is 4.80. The number of hydrogen-bond donors (Lipinski definition) is 0. The highest BCUT2D eigenvalue weighted by Gasteiger charge is 2.50. The standard InChI is InChI=1S/C17H23BrO/c1-2-13-3-5-14(6-4-13)11-17(12-18)9-10-19-16(17)15-7-8-15/h3-6,15-16H,2,7-12H2,1H3. The van der Waals surface area contributed by atoms with Gasteiger partial charge in [0.2, 0.25) is 0 Å². The molecule has 0 spiro atoms. The normalized spacial score (nSPS) is 30.7. The summed E-state index contributed by atoms with van der Waals surface area (Å²) in [6.45, 7) is 3.16. The Balaban J connectivity index is 1.77. The van der Waals surface area contributed by atoms with Gasteiger partial charge in [-0.05, 0) is 49.1 Å². The molecule has 1 heterocycles. The quantitative estimate of drug-likeness (QED) is 0.731. The zero-order chi connectivity index (χ0) is 13.3. The third-order valence-corrected chi connectivity index (χ3v) is 5.92. The number of rotatable bonds is 5. The minimum Gasteiger partial charge on any atom is -0.377 e. The molecule has 2 unspecified atom stereocenters. The van der Waals surface area contributed by atoms with Gasteiger partial charge in [0.05, 0.1) is 6.10 Å². The molecule has 2 heteroatoms. The highest BCUT2D eigenvalue weighted by atomic mass is 79.9. The van der Waals surface area contributed by atoms with E-state index >= 15 is 0 Å². The summed E-state index contributed by atoms with van der Waals surface area (Å²) in [6.07, 6.45) is 6.70. The Labute approximate surface area is 124 Å². The van der Waals surface area contributed by atoms with Gasteiger partial charge >= 0.3 is 0 Å². The van der Waals surface area contributed by atoms with Crippen molar-refractivity contribution in [3.8, 4) is 0 Å². The van der Waals surface area contributed by atoms with Gasteiger partial charge in [0.1, 0.15) is 0 Å². The van der Waals surface area contributed by atoms with Crippen LogP contribution in [0.2, 0.25) is 0 Å². The Morgan fingerprint density at radius 1 is 1.21 bits per heavy atom. The van der Waals surface area contributed by atoms with Crippen molar-refractivity contribution < 1.29 is 4.74 Å². The first-order chi connectivity index (χ1) is 9.27. The van der Waals surface area contributed by atoms with Crippen molar-refractivity contribution in [3.63, 3.8) is 0 Å². The second-order valence-corrected chi connectivity index (χ2v) is 6.78. The van der Waals surface area contributed by atoms with Crippen LogP contribution < -0.4 is 0 Å². The van der Waals surface area contributed by atoms with Crippen molar-refractivity contribution in [2.45, 2.75) is 45.1 Å². The van der Waals surface area contributed by atoms with Crippen LogP contribution in [0, 0.1) is 11.3 Å². The maximum Gasteiger partial charge on any atom is 0.0671 e. The summed E-state index contributed by atoms with van der Waals surface area (Å²) >= 11 is 3.78. The fraction of sp³-hybridized carbons (Fsp3) is 0.647. The second-order valence-electron chi connectivity index (χ2n) is 6.22. The number of benzene rings is 1. The van der Waals surface area contributed by atoms with Gasteiger partial charge in [0, 0.05) is 17.4 Å². The molecule has 104 valence electrons. The molecular weight excluding hydrogens is 300 g/mol. The number of hydrogen-bond acceptors (Lipinski definition) is 1. The van der Waals surface area contributed by atoms with Crippen molar-refractivity contribution in [1.82, 2.24) is 0 Å². The van der Waals surface area contributed by atoms with E-state index in [2.05, 4.69) is 47.1 Å². The molecule has 1 aliphatic heterocycles. The molecule has 2 aliphatic rings. The average Bonchev–Trinajstić information content (AvgIpc) is 3.21. The number of alkyl halides is 1. The fourth-order valence-electron chi connectivity index (χ4n) is 3.42. The van der Waals surface area contributed by atoms with Gasteiger partial charge in [0.15, 0.2) is 0 Å². The van der Waals surface area contributed by atoms with Gasteiger partial charge < -0.3 is 4.74 Å². The van der Waals surface area contributed by atoms with E-state index in [4.69, 9.17) is 4.74 Å². The summed E-state index contributed by atoms with van der Waals surface area (Å²) in [6, 6.07) is 9.18. The van der Waals surface area contributed by atoms with Crippen LogP contribution in [0.4, 0.5) is 0 Å². The molecule has 1 aromatic carbocycles. The SMILES string of the molecule is CCc1ccc(CC2(CBr)CCOC2C2CC2)cc1. The lowest BCUT2D eigenvalue weighted by Gasteiger charge is -2.32. The zero-order valence-corrected chi connectivity index (χ0v) is 13.3. The van der Waals surface area contributed by atoms with Gasteiger partial charge in [-0.2, -0.15) is 0 Å². The first kappa shape index (κ1) is 13.6.